The predicted octanol–water partition coefficient (Wildman–Crippen LogP) is 15.1. The van der Waals surface area contributed by atoms with Crippen LogP contribution in [-0.2, 0) is 0 Å². The summed E-state index contributed by atoms with van der Waals surface area (Å²) in [6.45, 7) is 0. The Balaban J connectivity index is 1.08. The first-order valence-corrected chi connectivity index (χ1v) is 22.0. The Kier molecular flexibility index (Phi) is 8.01. The average molecular weight is 822 g/mol. The second-order valence-electron chi connectivity index (χ2n) is 16.0. The number of rotatable bonds is 6. The number of fused-ring (bicyclic) bond motifs is 10. The Bertz CT molecular complexity index is 3830. The maximum atomic E-state index is 5.31. The monoisotopic (exact) mass is 821 g/mol. The molecule has 5 nitrogen and oxygen atoms in total. The summed E-state index contributed by atoms with van der Waals surface area (Å²) >= 11 is 1.87. The number of thiophene rings is 1. The van der Waals surface area contributed by atoms with Crippen molar-refractivity contribution in [3.63, 3.8) is 0 Å². The summed E-state index contributed by atoms with van der Waals surface area (Å²) in [5, 5.41) is 7.32. The van der Waals surface area contributed by atoms with Gasteiger partial charge in [-0.3, -0.25) is 0 Å². The molecule has 0 N–H and O–H groups in total. The van der Waals surface area contributed by atoms with Gasteiger partial charge in [0.05, 0.1) is 37.2 Å². The van der Waals surface area contributed by atoms with Crippen LogP contribution < -0.4 is 0 Å². The van der Waals surface area contributed by atoms with E-state index < -0.39 is 0 Å². The normalized spacial score (nSPS) is 11.8. The predicted molar refractivity (Wildman–Crippen MR) is 263 cm³/mol. The third-order valence-corrected chi connectivity index (χ3v) is 13.6. The molecule has 6 heteroatoms. The number of aromatic nitrogens is 5. The topological polar surface area (TPSA) is 48.5 Å². The summed E-state index contributed by atoms with van der Waals surface area (Å²) < 4.78 is 7.38. The number of para-hydroxylation sites is 4. The highest BCUT2D eigenvalue weighted by Crippen LogP contribution is 2.47. The molecule has 13 rings (SSSR count). The highest BCUT2D eigenvalue weighted by Gasteiger charge is 2.24. The van der Waals surface area contributed by atoms with E-state index in [2.05, 4.69) is 197 Å². The lowest BCUT2D eigenvalue weighted by atomic mass is 10.0. The van der Waals surface area contributed by atoms with Gasteiger partial charge in [0, 0.05) is 54.7 Å². The molecule has 9 aromatic carbocycles. The van der Waals surface area contributed by atoms with Crippen LogP contribution in [0.2, 0.25) is 0 Å². The molecule has 0 saturated carbocycles. The molecule has 0 saturated heterocycles. The van der Waals surface area contributed by atoms with Gasteiger partial charge in [0.15, 0.2) is 17.5 Å². The van der Waals surface area contributed by atoms with Gasteiger partial charge in [-0.05, 0) is 47.5 Å². The zero-order valence-electron chi connectivity index (χ0n) is 33.9. The molecule has 294 valence electrons. The van der Waals surface area contributed by atoms with E-state index in [1.54, 1.807) is 0 Å². The van der Waals surface area contributed by atoms with Gasteiger partial charge in [-0.1, -0.05) is 176 Å². The zero-order valence-corrected chi connectivity index (χ0v) is 34.7. The first-order chi connectivity index (χ1) is 31.3. The molecule has 63 heavy (non-hydrogen) atoms. The van der Waals surface area contributed by atoms with Crippen LogP contribution in [0.3, 0.4) is 0 Å². The minimum absolute atomic E-state index is 0.623. The van der Waals surface area contributed by atoms with E-state index in [4.69, 9.17) is 15.0 Å². The molecule has 0 atom stereocenters. The Hall–Kier alpha value is -8.19. The van der Waals surface area contributed by atoms with E-state index in [-0.39, 0.29) is 0 Å². The fourth-order valence-corrected chi connectivity index (χ4v) is 10.9. The van der Waals surface area contributed by atoms with E-state index in [9.17, 15) is 0 Å². The lowest BCUT2D eigenvalue weighted by molar-refractivity contribution is 1.07. The van der Waals surface area contributed by atoms with Crippen LogP contribution in [0.1, 0.15) is 0 Å². The van der Waals surface area contributed by atoms with Gasteiger partial charge in [-0.15, -0.1) is 11.3 Å². The maximum Gasteiger partial charge on any atom is 0.166 e. The first kappa shape index (κ1) is 35.6. The first-order valence-electron chi connectivity index (χ1n) is 21.2. The highest BCUT2D eigenvalue weighted by molar-refractivity contribution is 7.27. The molecule has 0 aliphatic carbocycles. The Labute approximate surface area is 366 Å². The Morgan fingerprint density at radius 2 is 0.778 bits per heavy atom. The molecule has 4 aromatic heterocycles. The van der Waals surface area contributed by atoms with Crippen LogP contribution in [-0.4, -0.2) is 24.1 Å². The van der Waals surface area contributed by atoms with Crippen molar-refractivity contribution in [2.45, 2.75) is 0 Å². The molecule has 4 heterocycles. The summed E-state index contributed by atoms with van der Waals surface area (Å²) in [6, 6.07) is 75.3. The number of hydrogen-bond acceptors (Lipinski definition) is 4. The van der Waals surface area contributed by atoms with Gasteiger partial charge < -0.3 is 9.13 Å². The SMILES string of the molecule is c1ccc(-c2ccc(-c3nc(-c4ccccc4)nc(-c4cccc5c6ccc7c8cccc(-n9c%10ccccc%10c%10ccccc%109)c8sc7c6n(-c6ccccc6)c45)n3)cc2)cc1. The molecular weight excluding hydrogens is 787 g/mol. The van der Waals surface area contributed by atoms with Crippen LogP contribution in [0.25, 0.3) is 120 Å². The molecule has 0 aliphatic heterocycles. The van der Waals surface area contributed by atoms with Crippen molar-refractivity contribution >= 4 is 75.1 Å². The van der Waals surface area contributed by atoms with Crippen LogP contribution >= 0.6 is 11.3 Å². The second kappa shape index (κ2) is 14.2. The smallest absolute Gasteiger partial charge is 0.166 e. The van der Waals surface area contributed by atoms with Gasteiger partial charge in [-0.2, -0.15) is 0 Å². The van der Waals surface area contributed by atoms with Gasteiger partial charge in [0.1, 0.15) is 0 Å². The second-order valence-corrected chi connectivity index (χ2v) is 17.0. The van der Waals surface area contributed by atoms with Crippen molar-refractivity contribution in [1.29, 1.82) is 0 Å². The van der Waals surface area contributed by atoms with Crippen LogP contribution in [0.15, 0.2) is 212 Å². The molecule has 0 spiro atoms. The standard InChI is InChI=1S/C57H35N5S/c1-4-16-36(17-5-1)37-30-32-39(33-31-37)56-58-55(38-18-6-2-7-19-38)59-57(60-56)47-26-14-24-43-44-34-35-46-45-25-15-29-50(62-48-27-12-10-22-41(48)42-23-11-13-28-49(42)62)53(45)63-54(46)52(44)61(51(43)47)40-20-8-3-9-21-40/h1-35H. The maximum absolute atomic E-state index is 5.31. The zero-order chi connectivity index (χ0) is 41.4. The van der Waals surface area contributed by atoms with Gasteiger partial charge in [-0.25, -0.2) is 15.0 Å². The molecule has 0 amide bonds. The van der Waals surface area contributed by atoms with Crippen molar-refractivity contribution in [1.82, 2.24) is 24.1 Å². The van der Waals surface area contributed by atoms with Crippen LogP contribution in [0, 0.1) is 0 Å². The summed E-state index contributed by atoms with van der Waals surface area (Å²) in [5.41, 5.74) is 12.0. The third kappa shape index (κ3) is 5.59. The van der Waals surface area contributed by atoms with Crippen molar-refractivity contribution in [3.05, 3.63) is 212 Å². The molecule has 0 radical (unpaired) electrons. The summed E-state index contributed by atoms with van der Waals surface area (Å²) in [6.07, 6.45) is 0. The summed E-state index contributed by atoms with van der Waals surface area (Å²) in [7, 11) is 0. The van der Waals surface area contributed by atoms with Gasteiger partial charge in [0.2, 0.25) is 0 Å². The Morgan fingerprint density at radius 3 is 1.48 bits per heavy atom. The average Bonchev–Trinajstić information content (AvgIpc) is 4.03. The molecule has 0 bridgehead atoms. The highest BCUT2D eigenvalue weighted by atomic mass is 32.1. The third-order valence-electron chi connectivity index (χ3n) is 12.4. The van der Waals surface area contributed by atoms with E-state index >= 15 is 0 Å². The molecule has 0 fully saturated rings. The van der Waals surface area contributed by atoms with Crippen LogP contribution in [0.4, 0.5) is 0 Å². The van der Waals surface area contributed by atoms with Crippen LogP contribution in [0.5, 0.6) is 0 Å². The van der Waals surface area contributed by atoms with E-state index in [1.807, 2.05) is 35.6 Å². The summed E-state index contributed by atoms with van der Waals surface area (Å²) in [5.74, 6) is 1.88. The molecule has 0 aliphatic rings. The number of nitrogens with zero attached hydrogens (tertiary/aromatic N) is 5. The molecule has 0 unspecified atom stereocenters. The van der Waals surface area contributed by atoms with E-state index in [1.165, 1.54) is 64.1 Å². The van der Waals surface area contributed by atoms with Crippen molar-refractivity contribution in [2.24, 2.45) is 0 Å². The lowest BCUT2D eigenvalue weighted by Crippen LogP contribution is -2.02. The lowest BCUT2D eigenvalue weighted by Gasteiger charge is -2.13. The number of benzene rings is 9. The van der Waals surface area contributed by atoms with E-state index in [0.29, 0.717) is 17.5 Å². The van der Waals surface area contributed by atoms with Crippen molar-refractivity contribution in [3.8, 4) is 56.7 Å². The quantitative estimate of drug-likeness (QED) is 0.168. The van der Waals surface area contributed by atoms with E-state index in [0.717, 1.165) is 38.8 Å². The number of hydrogen-bond donors (Lipinski definition) is 0. The largest absolute Gasteiger partial charge is 0.308 e. The minimum Gasteiger partial charge on any atom is -0.308 e. The van der Waals surface area contributed by atoms with Gasteiger partial charge in [0.25, 0.3) is 0 Å². The summed E-state index contributed by atoms with van der Waals surface area (Å²) in [4.78, 5) is 15.7. The fraction of sp³-hybridized carbons (Fsp3) is 0. The molecular formula is C57H35N5S. The Morgan fingerprint density at radius 1 is 0.302 bits per heavy atom. The fourth-order valence-electron chi connectivity index (χ4n) is 9.54. The van der Waals surface area contributed by atoms with Crippen molar-refractivity contribution in [2.75, 3.05) is 0 Å². The molecule has 13 aromatic rings. The minimum atomic E-state index is 0.623. The van der Waals surface area contributed by atoms with Gasteiger partial charge >= 0.3 is 0 Å². The van der Waals surface area contributed by atoms with Crippen molar-refractivity contribution < 1.29 is 0 Å².